The van der Waals surface area contributed by atoms with Crippen LogP contribution >= 0.6 is 11.5 Å². The summed E-state index contributed by atoms with van der Waals surface area (Å²) >= 11 is 6.89. The number of hydrogen-bond donors (Lipinski definition) is 0. The smallest absolute Gasteiger partial charge is 2.00 e. The van der Waals surface area contributed by atoms with Gasteiger partial charge in [-0.3, -0.25) is 0 Å². The van der Waals surface area contributed by atoms with E-state index in [0.717, 1.165) is 0 Å². The molecule has 0 aliphatic carbocycles. The van der Waals surface area contributed by atoms with Crippen LogP contribution in [0.5, 0.6) is 0 Å². The molecule has 0 heterocycles. The molecule has 0 rings (SSSR count). The molecule has 0 unspecified atom stereocenters. The van der Waals surface area contributed by atoms with Gasteiger partial charge < -0.3 is 0 Å². The first-order chi connectivity index (χ1) is 11.8. The molecule has 0 aromatic heterocycles. The van der Waals surface area contributed by atoms with Crippen molar-refractivity contribution in [3.05, 3.63) is 0 Å². The van der Waals surface area contributed by atoms with Crippen LogP contribution in [0.2, 0.25) is 0 Å². The van der Waals surface area contributed by atoms with Crippen LogP contribution < -0.4 is 0 Å². The van der Waals surface area contributed by atoms with Crippen LogP contribution in [0.1, 0.15) is 111 Å². The molecule has 0 aromatic rings. The Hall–Kier alpha value is 2.12. The van der Waals surface area contributed by atoms with Gasteiger partial charge in [0.15, 0.2) is 0 Å². The first kappa shape index (κ1) is 35.7. The van der Waals surface area contributed by atoms with Gasteiger partial charge in [0, 0.05) is 0 Å². The zero-order valence-corrected chi connectivity index (χ0v) is 30.6. The van der Waals surface area contributed by atoms with E-state index < -0.39 is 11.5 Å². The maximum atomic E-state index is 5.01. The second kappa shape index (κ2) is 12.0. The number of rotatable bonds is 2. The minimum atomic E-state index is -1.39. The summed E-state index contributed by atoms with van der Waals surface area (Å²) in [6, 6.07) is 0.839. The summed E-state index contributed by atoms with van der Waals surface area (Å²) < 4.78 is 10.0. The van der Waals surface area contributed by atoms with Crippen molar-refractivity contribution in [2.45, 2.75) is 143 Å². The molecule has 0 aliphatic heterocycles. The summed E-state index contributed by atoms with van der Waals surface area (Å²) in [5.41, 5.74) is 0. The van der Waals surface area contributed by atoms with E-state index in [2.05, 4.69) is 142 Å². The quantitative estimate of drug-likeness (QED) is 0.217. The Morgan fingerprint density at radius 2 is 0.621 bits per heavy atom. The first-order valence-corrected chi connectivity index (χ1v) is 18.4. The van der Waals surface area contributed by atoms with Crippen LogP contribution in [0.3, 0.4) is 0 Å². The molecule has 0 radical (unpaired) electrons. The topological polar surface area (TPSA) is 24.7 Å². The Morgan fingerprint density at radius 1 is 0.483 bits per heavy atom. The third-order valence-electron chi connectivity index (χ3n) is 4.42. The molecule has 172 valence electrons. The Labute approximate surface area is 213 Å². The van der Waals surface area contributed by atoms with E-state index in [0.29, 0.717) is 12.1 Å². The van der Waals surface area contributed by atoms with Gasteiger partial charge in [0.25, 0.3) is 0 Å². The summed E-state index contributed by atoms with van der Waals surface area (Å²) in [4.78, 5) is 0. The second-order valence-electron chi connectivity index (χ2n) is 12.3. The van der Waals surface area contributed by atoms with Gasteiger partial charge in [-0.05, 0) is 0 Å². The molecule has 0 atom stereocenters. The fourth-order valence-electron chi connectivity index (χ4n) is 3.36. The molecule has 2 nitrogen and oxygen atoms in total. The van der Waals surface area contributed by atoms with Crippen molar-refractivity contribution < 1.29 is 19.5 Å². The Kier molecular flexibility index (Phi) is 14.8. The van der Waals surface area contributed by atoms with Crippen molar-refractivity contribution in [3.63, 3.8) is 0 Å². The number of nitrogens with zero attached hydrogens (tertiary/aromatic N) is 2. The molecule has 0 amide bonds. The van der Waals surface area contributed by atoms with Crippen LogP contribution in [0.4, 0.5) is 0 Å². The van der Waals surface area contributed by atoms with Crippen molar-refractivity contribution in [2.24, 2.45) is 9.49 Å². The van der Waals surface area contributed by atoms with Gasteiger partial charge in [-0.2, -0.15) is 0 Å². The monoisotopic (exact) mass is 628 g/mol. The van der Waals surface area contributed by atoms with Crippen LogP contribution in [-0.4, -0.2) is 63.8 Å². The van der Waals surface area contributed by atoms with E-state index in [1.807, 2.05) is 0 Å². The molecule has 0 fully saturated rings. The molecule has 0 aliphatic rings. The van der Waals surface area contributed by atoms with E-state index in [1.54, 1.807) is 0 Å². The maximum absolute atomic E-state index is 5.01. The maximum Gasteiger partial charge on any atom is 2.00 e. The van der Waals surface area contributed by atoms with Gasteiger partial charge >= 0.3 is 215 Å². The van der Waals surface area contributed by atoms with Crippen LogP contribution in [0, 0.1) is 0 Å². The van der Waals surface area contributed by atoms with Gasteiger partial charge in [0.05, 0.1) is 0 Å². The molecule has 7 heteroatoms. The van der Waals surface area contributed by atoms with Gasteiger partial charge in [0.1, 0.15) is 0 Å². The summed E-state index contributed by atoms with van der Waals surface area (Å²) in [7, 11) is 0. The molecular weight excluding hydrogens is 578 g/mol. The molecule has 0 saturated carbocycles. The minimum Gasteiger partial charge on any atom is 2.00 e. The standard InChI is InChI=1S/2C11H25NPSe.Zn/c2*1-9(2)12-13(14,10(3,4)5)11(6,7)8;/h2*9H,1-8H3;/q2*-1;+2. The second-order valence-corrected chi connectivity index (χ2v) is 27.0. The molecule has 0 bridgehead atoms. The first-order valence-electron chi connectivity index (χ1n) is 10.5. The van der Waals surface area contributed by atoms with Crippen molar-refractivity contribution in [1.82, 2.24) is 0 Å². The summed E-state index contributed by atoms with van der Waals surface area (Å²) in [6.07, 6.45) is 0. The van der Waals surface area contributed by atoms with E-state index in [9.17, 15) is 0 Å². The fourth-order valence-corrected chi connectivity index (χ4v) is 12.4. The van der Waals surface area contributed by atoms with Crippen molar-refractivity contribution in [2.75, 3.05) is 0 Å². The van der Waals surface area contributed by atoms with Crippen LogP contribution in [0.25, 0.3) is 0 Å². The van der Waals surface area contributed by atoms with Crippen molar-refractivity contribution in [3.8, 4) is 0 Å². The van der Waals surface area contributed by atoms with Gasteiger partial charge in [-0.25, -0.2) is 0 Å². The van der Waals surface area contributed by atoms with E-state index in [-0.39, 0.29) is 40.1 Å². The van der Waals surface area contributed by atoms with E-state index in [4.69, 9.17) is 9.49 Å². The third kappa shape index (κ3) is 10.3. The van der Waals surface area contributed by atoms with Gasteiger partial charge in [-0.15, -0.1) is 0 Å². The average Bonchev–Trinajstić information content (AvgIpc) is 2.32. The van der Waals surface area contributed by atoms with Crippen molar-refractivity contribution >= 4 is 42.6 Å². The molecular formula is C22H50N2P2Se2Zn. The van der Waals surface area contributed by atoms with Crippen molar-refractivity contribution in [1.29, 1.82) is 0 Å². The minimum absolute atomic E-state index is 0. The molecule has 0 N–H and O–H groups in total. The van der Waals surface area contributed by atoms with Crippen LogP contribution in [0.15, 0.2) is 9.49 Å². The largest absolute Gasteiger partial charge is 2.00 e. The van der Waals surface area contributed by atoms with Gasteiger partial charge in [0.2, 0.25) is 0 Å². The SMILES string of the molecule is CC(C)N=P([Se-])(C(C)(C)C)C(C)(C)C.CC(C)N=P([Se-])(C(C)(C)C)C(C)(C)C.[Zn+2]. The third-order valence-corrected chi connectivity index (χ3v) is 28.2. The Balaban J connectivity index is -0.000000451. The van der Waals surface area contributed by atoms with E-state index >= 15 is 0 Å². The van der Waals surface area contributed by atoms with Crippen LogP contribution in [-0.2, 0) is 19.5 Å². The summed E-state index contributed by atoms with van der Waals surface area (Å²) in [6.45, 7) is 36.3. The molecule has 0 saturated heterocycles. The fraction of sp³-hybridized carbons (Fsp3) is 1.00. The zero-order chi connectivity index (χ0) is 23.6. The molecule has 0 spiro atoms. The average molecular weight is 628 g/mol. The molecule has 0 aromatic carbocycles. The molecule has 29 heavy (non-hydrogen) atoms. The summed E-state index contributed by atoms with van der Waals surface area (Å²) in [5, 5.41) is 1.04. The summed E-state index contributed by atoms with van der Waals surface area (Å²) in [5.74, 6) is -2.79. The van der Waals surface area contributed by atoms with E-state index in [1.165, 1.54) is 0 Å². The van der Waals surface area contributed by atoms with Gasteiger partial charge in [-0.1, -0.05) is 0 Å². The predicted molar refractivity (Wildman–Crippen MR) is 139 cm³/mol. The normalized spacial score (nSPS) is 14.2. The predicted octanol–water partition coefficient (Wildman–Crippen LogP) is 8.55. The zero-order valence-electron chi connectivity index (χ0n) is 22.5. The number of hydrogen-bond acceptors (Lipinski definition) is 2. The Morgan fingerprint density at radius 3 is 0.655 bits per heavy atom. The Bertz CT molecular complexity index is 510.